The Balaban J connectivity index is 0.00000243. The van der Waals surface area contributed by atoms with Gasteiger partial charge in [0.25, 0.3) is 0 Å². The summed E-state index contributed by atoms with van der Waals surface area (Å²) in [6.45, 7) is 11.2. The lowest BCUT2D eigenvalue weighted by atomic mass is 9.92. The number of aliphatic imine (C=N–C) groups is 1. The fourth-order valence-electron chi connectivity index (χ4n) is 4.12. The highest BCUT2D eigenvalue weighted by Gasteiger charge is 2.24. The van der Waals surface area contributed by atoms with Crippen molar-refractivity contribution in [3.05, 3.63) is 29.8 Å². The number of nitrogens with one attached hydrogen (secondary N) is 1. The van der Waals surface area contributed by atoms with E-state index in [4.69, 9.17) is 4.74 Å². The molecule has 0 aromatic heterocycles. The number of hydrogen-bond acceptors (Lipinski definition) is 3. The fourth-order valence-corrected chi connectivity index (χ4v) is 4.12. The molecule has 5 nitrogen and oxygen atoms in total. The van der Waals surface area contributed by atoms with Gasteiger partial charge in [-0.25, -0.2) is 0 Å². The number of piperidine rings is 1. The molecular formula is C20H33IN4O. The van der Waals surface area contributed by atoms with E-state index in [1.54, 1.807) is 0 Å². The zero-order valence-corrected chi connectivity index (χ0v) is 18.6. The molecule has 0 bridgehead atoms. The first-order chi connectivity index (χ1) is 12.2. The zero-order chi connectivity index (χ0) is 17.6. The smallest absolute Gasteiger partial charge is 0.193 e. The monoisotopic (exact) mass is 472 g/mol. The van der Waals surface area contributed by atoms with Crippen LogP contribution in [0.3, 0.4) is 0 Å². The van der Waals surface area contributed by atoms with Gasteiger partial charge in [-0.15, -0.1) is 24.0 Å². The van der Waals surface area contributed by atoms with Gasteiger partial charge in [0.1, 0.15) is 0 Å². The number of halogens is 1. The van der Waals surface area contributed by atoms with Crippen molar-refractivity contribution in [3.63, 3.8) is 0 Å². The van der Waals surface area contributed by atoms with Crippen molar-refractivity contribution in [2.24, 2.45) is 16.8 Å². The largest absolute Gasteiger partial charge is 0.378 e. The lowest BCUT2D eigenvalue weighted by Gasteiger charge is -2.37. The van der Waals surface area contributed by atoms with E-state index in [1.165, 1.54) is 17.7 Å². The third-order valence-corrected chi connectivity index (χ3v) is 5.16. The van der Waals surface area contributed by atoms with Crippen molar-refractivity contribution >= 4 is 35.6 Å². The van der Waals surface area contributed by atoms with E-state index in [2.05, 4.69) is 58.2 Å². The number of guanidine groups is 1. The predicted molar refractivity (Wildman–Crippen MR) is 120 cm³/mol. The number of anilines is 1. The SMILES string of the molecule is CN=C(NCc1ccccc1N1CCOCC1)N1CC(C)CC(C)C1.I. The number of rotatable bonds is 3. The third-order valence-electron chi connectivity index (χ3n) is 5.16. The minimum absolute atomic E-state index is 0. The number of para-hydroxylation sites is 1. The molecule has 2 unspecified atom stereocenters. The van der Waals surface area contributed by atoms with Gasteiger partial charge in [0, 0.05) is 45.5 Å². The lowest BCUT2D eigenvalue weighted by Crippen LogP contribution is -2.48. The molecule has 2 saturated heterocycles. The molecule has 2 fully saturated rings. The minimum Gasteiger partial charge on any atom is -0.378 e. The van der Waals surface area contributed by atoms with Crippen molar-refractivity contribution in [1.29, 1.82) is 0 Å². The second-order valence-electron chi connectivity index (χ2n) is 7.48. The van der Waals surface area contributed by atoms with Gasteiger partial charge >= 0.3 is 0 Å². The molecule has 2 atom stereocenters. The quantitative estimate of drug-likeness (QED) is 0.417. The van der Waals surface area contributed by atoms with Gasteiger partial charge in [-0.2, -0.15) is 0 Å². The summed E-state index contributed by atoms with van der Waals surface area (Å²) in [5.74, 6) is 2.47. The Morgan fingerprint density at radius 1 is 1.15 bits per heavy atom. The molecule has 0 saturated carbocycles. The first kappa shape index (κ1) is 21.3. The lowest BCUT2D eigenvalue weighted by molar-refractivity contribution is 0.122. The van der Waals surface area contributed by atoms with Crippen LogP contribution in [0.4, 0.5) is 5.69 Å². The second-order valence-corrected chi connectivity index (χ2v) is 7.48. The zero-order valence-electron chi connectivity index (χ0n) is 16.3. The Hall–Kier alpha value is -1.02. The van der Waals surface area contributed by atoms with Gasteiger partial charge in [0.2, 0.25) is 0 Å². The predicted octanol–water partition coefficient (Wildman–Crippen LogP) is 3.19. The molecule has 3 rings (SSSR count). The number of morpholine rings is 1. The standard InChI is InChI=1S/C20H32N4O.HI/c1-16-12-17(2)15-24(14-16)20(21-3)22-13-18-6-4-5-7-19(18)23-8-10-25-11-9-23;/h4-7,16-17H,8-15H2,1-3H3,(H,21,22);1H. The molecule has 6 heteroatoms. The maximum atomic E-state index is 5.49. The van der Waals surface area contributed by atoms with Gasteiger partial charge in [0.15, 0.2) is 5.96 Å². The molecule has 0 amide bonds. The Kier molecular flexibility index (Phi) is 8.47. The van der Waals surface area contributed by atoms with Crippen LogP contribution in [0.5, 0.6) is 0 Å². The molecule has 0 aliphatic carbocycles. The molecule has 2 aliphatic heterocycles. The summed E-state index contributed by atoms with van der Waals surface area (Å²) < 4.78 is 5.49. The molecule has 1 N–H and O–H groups in total. The molecule has 1 aromatic rings. The third kappa shape index (κ3) is 5.49. The van der Waals surface area contributed by atoms with Crippen LogP contribution in [0.1, 0.15) is 25.8 Å². The van der Waals surface area contributed by atoms with E-state index in [1.807, 2.05) is 7.05 Å². The van der Waals surface area contributed by atoms with Crippen LogP contribution in [-0.4, -0.2) is 57.3 Å². The molecule has 2 aliphatic rings. The average molecular weight is 472 g/mol. The van der Waals surface area contributed by atoms with Gasteiger partial charge in [-0.05, 0) is 29.9 Å². The van der Waals surface area contributed by atoms with E-state index >= 15 is 0 Å². The van der Waals surface area contributed by atoms with Gasteiger partial charge in [0.05, 0.1) is 13.2 Å². The van der Waals surface area contributed by atoms with Crippen LogP contribution >= 0.6 is 24.0 Å². The summed E-state index contributed by atoms with van der Waals surface area (Å²) in [6.07, 6.45) is 1.31. The summed E-state index contributed by atoms with van der Waals surface area (Å²) in [4.78, 5) is 9.37. The topological polar surface area (TPSA) is 40.1 Å². The molecule has 0 radical (unpaired) electrons. The molecule has 1 aromatic carbocycles. The van der Waals surface area contributed by atoms with Crippen molar-refractivity contribution in [1.82, 2.24) is 10.2 Å². The van der Waals surface area contributed by atoms with E-state index in [9.17, 15) is 0 Å². The van der Waals surface area contributed by atoms with Crippen molar-refractivity contribution < 1.29 is 4.74 Å². The van der Waals surface area contributed by atoms with Crippen LogP contribution in [0.15, 0.2) is 29.3 Å². The van der Waals surface area contributed by atoms with E-state index in [0.29, 0.717) is 0 Å². The van der Waals surface area contributed by atoms with Crippen LogP contribution in [0.2, 0.25) is 0 Å². The fraction of sp³-hybridized carbons (Fsp3) is 0.650. The van der Waals surface area contributed by atoms with E-state index < -0.39 is 0 Å². The summed E-state index contributed by atoms with van der Waals surface area (Å²) >= 11 is 0. The van der Waals surface area contributed by atoms with E-state index in [-0.39, 0.29) is 24.0 Å². The summed E-state index contributed by atoms with van der Waals surface area (Å²) in [5, 5.41) is 3.59. The first-order valence-electron chi connectivity index (χ1n) is 9.53. The van der Waals surface area contributed by atoms with Gasteiger partial charge in [-0.3, -0.25) is 4.99 Å². The van der Waals surface area contributed by atoms with Crippen LogP contribution < -0.4 is 10.2 Å². The van der Waals surface area contributed by atoms with Crippen molar-refractivity contribution in [2.45, 2.75) is 26.8 Å². The van der Waals surface area contributed by atoms with Gasteiger partial charge in [-0.1, -0.05) is 32.0 Å². The first-order valence-corrected chi connectivity index (χ1v) is 9.53. The number of likely N-dealkylation sites (tertiary alicyclic amines) is 1. The maximum Gasteiger partial charge on any atom is 0.193 e. The van der Waals surface area contributed by atoms with Gasteiger partial charge < -0.3 is 19.9 Å². The summed E-state index contributed by atoms with van der Waals surface area (Å²) in [5.41, 5.74) is 2.64. The van der Waals surface area contributed by atoms with Crippen molar-refractivity contribution in [3.8, 4) is 0 Å². The molecular weight excluding hydrogens is 439 g/mol. The summed E-state index contributed by atoms with van der Waals surface area (Å²) in [7, 11) is 1.89. The highest BCUT2D eigenvalue weighted by molar-refractivity contribution is 14.0. The number of hydrogen-bond donors (Lipinski definition) is 1. The van der Waals surface area contributed by atoms with Crippen LogP contribution in [-0.2, 0) is 11.3 Å². The second kappa shape index (κ2) is 10.3. The number of benzene rings is 1. The molecule has 146 valence electrons. The van der Waals surface area contributed by atoms with Crippen molar-refractivity contribution in [2.75, 3.05) is 51.3 Å². The minimum atomic E-state index is 0. The Labute approximate surface area is 175 Å². The van der Waals surface area contributed by atoms with Crippen LogP contribution in [0, 0.1) is 11.8 Å². The Bertz CT molecular complexity index is 579. The normalized spacial score (nSPS) is 24.2. The maximum absolute atomic E-state index is 5.49. The average Bonchev–Trinajstić information content (AvgIpc) is 2.62. The molecule has 2 heterocycles. The number of ether oxygens (including phenoxy) is 1. The Morgan fingerprint density at radius 2 is 1.81 bits per heavy atom. The summed E-state index contributed by atoms with van der Waals surface area (Å²) in [6, 6.07) is 8.68. The van der Waals surface area contributed by atoms with E-state index in [0.717, 1.165) is 63.7 Å². The molecule has 26 heavy (non-hydrogen) atoms. The highest BCUT2D eigenvalue weighted by Crippen LogP contribution is 2.23. The highest BCUT2D eigenvalue weighted by atomic mass is 127. The molecule has 0 spiro atoms. The van der Waals surface area contributed by atoms with Crippen LogP contribution in [0.25, 0.3) is 0 Å². The Morgan fingerprint density at radius 3 is 2.46 bits per heavy atom. The number of nitrogens with zero attached hydrogens (tertiary/aromatic N) is 3.